The van der Waals surface area contributed by atoms with Crippen LogP contribution >= 0.6 is 0 Å². The highest BCUT2D eigenvalue weighted by atomic mass is 16.4. The van der Waals surface area contributed by atoms with Gasteiger partial charge in [-0.15, -0.1) is 0 Å². The molecule has 0 saturated heterocycles. The van der Waals surface area contributed by atoms with E-state index < -0.39 is 5.97 Å². The number of rotatable bonds is 1. The molecule has 2 nitrogen and oxygen atoms in total. The van der Waals surface area contributed by atoms with Crippen LogP contribution in [0.3, 0.4) is 0 Å². The highest BCUT2D eigenvalue weighted by Crippen LogP contribution is 2.35. The summed E-state index contributed by atoms with van der Waals surface area (Å²) in [5.41, 5.74) is 4.16. The number of carboxylic acids is 1. The molecule has 1 aliphatic carbocycles. The maximum Gasteiger partial charge on any atom is 0.335 e. The minimum atomic E-state index is -0.824. The summed E-state index contributed by atoms with van der Waals surface area (Å²) in [6.07, 6.45) is 2.25. The molecule has 14 heavy (non-hydrogen) atoms. The van der Waals surface area contributed by atoms with Crippen molar-refractivity contribution in [3.63, 3.8) is 0 Å². The van der Waals surface area contributed by atoms with Gasteiger partial charge < -0.3 is 5.11 Å². The van der Waals surface area contributed by atoms with Crippen molar-refractivity contribution in [2.45, 2.75) is 32.6 Å². The van der Waals surface area contributed by atoms with Crippen LogP contribution in [-0.4, -0.2) is 11.1 Å². The Morgan fingerprint density at radius 1 is 1.50 bits per heavy atom. The van der Waals surface area contributed by atoms with Crippen LogP contribution in [0.5, 0.6) is 0 Å². The Kier molecular flexibility index (Phi) is 2.06. The van der Waals surface area contributed by atoms with E-state index in [4.69, 9.17) is 5.11 Å². The van der Waals surface area contributed by atoms with E-state index in [0.717, 1.165) is 18.4 Å². The van der Waals surface area contributed by atoms with E-state index in [9.17, 15) is 4.79 Å². The van der Waals surface area contributed by atoms with Crippen LogP contribution in [0.4, 0.5) is 0 Å². The SMILES string of the molecule is Cc1cc(C(=O)O)cc2c1CC[C@H]2C. The van der Waals surface area contributed by atoms with E-state index >= 15 is 0 Å². The van der Waals surface area contributed by atoms with E-state index in [1.165, 1.54) is 11.1 Å². The van der Waals surface area contributed by atoms with Gasteiger partial charge >= 0.3 is 5.97 Å². The van der Waals surface area contributed by atoms with Gasteiger partial charge in [-0.1, -0.05) is 6.92 Å². The summed E-state index contributed by atoms with van der Waals surface area (Å²) in [7, 11) is 0. The summed E-state index contributed by atoms with van der Waals surface area (Å²) in [6, 6.07) is 3.61. The fourth-order valence-electron chi connectivity index (χ4n) is 2.27. The largest absolute Gasteiger partial charge is 0.478 e. The summed E-state index contributed by atoms with van der Waals surface area (Å²) in [5.74, 6) is -0.307. The molecule has 2 heteroatoms. The van der Waals surface area contributed by atoms with E-state index in [0.29, 0.717) is 11.5 Å². The lowest BCUT2D eigenvalue weighted by Gasteiger charge is -2.08. The van der Waals surface area contributed by atoms with Crippen molar-refractivity contribution in [1.29, 1.82) is 0 Å². The van der Waals surface area contributed by atoms with Gasteiger partial charge in [0.2, 0.25) is 0 Å². The molecule has 0 amide bonds. The van der Waals surface area contributed by atoms with Crippen LogP contribution in [0.1, 0.15) is 46.3 Å². The fourth-order valence-corrected chi connectivity index (χ4v) is 2.27. The van der Waals surface area contributed by atoms with E-state index in [1.54, 1.807) is 6.07 Å². The third kappa shape index (κ3) is 1.31. The van der Waals surface area contributed by atoms with Gasteiger partial charge in [-0.05, 0) is 54.5 Å². The van der Waals surface area contributed by atoms with Crippen LogP contribution in [0.25, 0.3) is 0 Å². The fraction of sp³-hybridized carbons (Fsp3) is 0.417. The van der Waals surface area contributed by atoms with Gasteiger partial charge in [0.15, 0.2) is 0 Å². The lowest BCUT2D eigenvalue weighted by Crippen LogP contribution is -2.00. The minimum Gasteiger partial charge on any atom is -0.478 e. The zero-order chi connectivity index (χ0) is 10.3. The van der Waals surface area contributed by atoms with Crippen LogP contribution in [0.15, 0.2) is 12.1 Å². The van der Waals surface area contributed by atoms with Gasteiger partial charge in [0.25, 0.3) is 0 Å². The maximum absolute atomic E-state index is 10.9. The maximum atomic E-state index is 10.9. The second-order valence-electron chi connectivity index (χ2n) is 4.11. The second-order valence-corrected chi connectivity index (χ2v) is 4.11. The summed E-state index contributed by atoms with van der Waals surface area (Å²) in [6.45, 7) is 4.17. The number of aromatic carboxylic acids is 1. The molecule has 1 N–H and O–H groups in total. The molecule has 0 heterocycles. The Hall–Kier alpha value is -1.31. The summed E-state index contributed by atoms with van der Waals surface area (Å²) < 4.78 is 0. The molecule has 0 bridgehead atoms. The third-order valence-electron chi connectivity index (χ3n) is 3.11. The molecule has 1 atom stereocenters. The van der Waals surface area contributed by atoms with Crippen molar-refractivity contribution in [3.8, 4) is 0 Å². The first kappa shape index (κ1) is 9.25. The number of hydrogen-bond donors (Lipinski definition) is 1. The predicted molar refractivity (Wildman–Crippen MR) is 54.9 cm³/mol. The van der Waals surface area contributed by atoms with E-state index in [1.807, 2.05) is 13.0 Å². The molecule has 74 valence electrons. The van der Waals surface area contributed by atoms with Crippen molar-refractivity contribution in [2.75, 3.05) is 0 Å². The first-order valence-corrected chi connectivity index (χ1v) is 4.96. The first-order chi connectivity index (χ1) is 6.59. The molecule has 0 aliphatic heterocycles. The monoisotopic (exact) mass is 190 g/mol. The number of carbonyl (C=O) groups is 1. The van der Waals surface area contributed by atoms with Crippen molar-refractivity contribution in [1.82, 2.24) is 0 Å². The van der Waals surface area contributed by atoms with Gasteiger partial charge in [-0.2, -0.15) is 0 Å². The molecule has 1 aliphatic rings. The van der Waals surface area contributed by atoms with Crippen LogP contribution in [-0.2, 0) is 6.42 Å². The molecule has 0 spiro atoms. The van der Waals surface area contributed by atoms with Crippen molar-refractivity contribution in [2.24, 2.45) is 0 Å². The zero-order valence-corrected chi connectivity index (χ0v) is 8.50. The Balaban J connectivity index is 2.58. The first-order valence-electron chi connectivity index (χ1n) is 4.96. The van der Waals surface area contributed by atoms with Crippen LogP contribution in [0, 0.1) is 6.92 Å². The summed E-state index contributed by atoms with van der Waals surface area (Å²) in [4.78, 5) is 10.9. The smallest absolute Gasteiger partial charge is 0.335 e. The average molecular weight is 190 g/mol. The Morgan fingerprint density at radius 2 is 2.21 bits per heavy atom. The summed E-state index contributed by atoms with van der Waals surface area (Å²) in [5, 5.41) is 8.93. The Labute approximate surface area is 83.6 Å². The van der Waals surface area contributed by atoms with Crippen LogP contribution in [0.2, 0.25) is 0 Å². The number of carboxylic acid groups (broad SMARTS) is 1. The number of benzene rings is 1. The number of fused-ring (bicyclic) bond motifs is 1. The average Bonchev–Trinajstić information content (AvgIpc) is 2.48. The molecule has 1 aromatic rings. The van der Waals surface area contributed by atoms with Gasteiger partial charge in [0.1, 0.15) is 0 Å². The van der Waals surface area contributed by atoms with Crippen molar-refractivity contribution < 1.29 is 9.90 Å². The third-order valence-corrected chi connectivity index (χ3v) is 3.11. The van der Waals surface area contributed by atoms with Gasteiger partial charge in [-0.3, -0.25) is 0 Å². The predicted octanol–water partition coefficient (Wildman–Crippen LogP) is 2.74. The topological polar surface area (TPSA) is 37.3 Å². The quantitative estimate of drug-likeness (QED) is 0.739. The lowest BCUT2D eigenvalue weighted by atomic mass is 9.97. The van der Waals surface area contributed by atoms with E-state index in [2.05, 4.69) is 6.92 Å². The zero-order valence-electron chi connectivity index (χ0n) is 8.50. The molecule has 1 aromatic carbocycles. The van der Waals surface area contributed by atoms with Crippen molar-refractivity contribution in [3.05, 3.63) is 34.4 Å². The molecule has 0 unspecified atom stereocenters. The Bertz CT molecular complexity index is 394. The molecule has 2 rings (SSSR count). The standard InChI is InChI=1S/C12H14O2/c1-7-3-4-10-8(2)5-9(12(13)14)6-11(7)10/h5-7H,3-4H2,1-2H3,(H,13,14)/t7-/m1/s1. The molecule has 0 aromatic heterocycles. The van der Waals surface area contributed by atoms with E-state index in [-0.39, 0.29) is 0 Å². The second kappa shape index (κ2) is 3.12. The molecule has 0 fully saturated rings. The number of aryl methyl sites for hydroxylation is 1. The summed E-state index contributed by atoms with van der Waals surface area (Å²) >= 11 is 0. The van der Waals surface area contributed by atoms with Gasteiger partial charge in [0, 0.05) is 0 Å². The normalized spacial score (nSPS) is 19.4. The highest BCUT2D eigenvalue weighted by molar-refractivity contribution is 5.88. The minimum absolute atomic E-state index is 0.426. The van der Waals surface area contributed by atoms with Crippen LogP contribution < -0.4 is 0 Å². The molecule has 0 radical (unpaired) electrons. The highest BCUT2D eigenvalue weighted by Gasteiger charge is 2.21. The molecular weight excluding hydrogens is 176 g/mol. The lowest BCUT2D eigenvalue weighted by molar-refractivity contribution is 0.0696. The Morgan fingerprint density at radius 3 is 2.86 bits per heavy atom. The van der Waals surface area contributed by atoms with Gasteiger partial charge in [0.05, 0.1) is 5.56 Å². The molecular formula is C12H14O2. The van der Waals surface area contributed by atoms with Crippen molar-refractivity contribution >= 4 is 5.97 Å². The molecule has 0 saturated carbocycles. The van der Waals surface area contributed by atoms with Gasteiger partial charge in [-0.25, -0.2) is 4.79 Å². The number of hydrogen-bond acceptors (Lipinski definition) is 1.